The first-order chi connectivity index (χ1) is 33.6. The van der Waals surface area contributed by atoms with Gasteiger partial charge in [0.2, 0.25) is 11.8 Å². The molecule has 2 aromatic rings. The number of hydrogen-bond acceptors (Lipinski definition) is 17. The highest BCUT2D eigenvalue weighted by Crippen LogP contribution is 2.14. The van der Waals surface area contributed by atoms with Gasteiger partial charge in [-0.15, -0.1) is 0 Å². The molecule has 0 unspecified atom stereocenters. The Bertz CT molecular complexity index is 1560. The Morgan fingerprint density at radius 1 is 0.319 bits per heavy atom. The Balaban J connectivity index is 1.20. The van der Waals surface area contributed by atoms with Crippen LogP contribution in [0, 0.1) is 0 Å². The average molecular weight is 977 g/mol. The second-order valence-electron chi connectivity index (χ2n) is 15.6. The summed E-state index contributed by atoms with van der Waals surface area (Å²) in [5.41, 5.74) is 3.26. The van der Waals surface area contributed by atoms with E-state index in [0.717, 1.165) is 11.1 Å². The third kappa shape index (κ3) is 38.1. The molecule has 0 radical (unpaired) electrons. The first-order valence-electron chi connectivity index (χ1n) is 23.8. The highest BCUT2D eigenvalue weighted by atomic mass is 16.6. The van der Waals surface area contributed by atoms with Gasteiger partial charge in [0.05, 0.1) is 171 Å². The van der Waals surface area contributed by atoms with Crippen LogP contribution in [0.1, 0.15) is 63.5 Å². The quantitative estimate of drug-likeness (QED) is 0.0700. The molecular formula is C50H76N2O17. The molecule has 0 saturated heterocycles. The lowest BCUT2D eigenvalue weighted by Crippen LogP contribution is -2.16. The molecule has 2 N–H and O–H groups in total. The minimum atomic E-state index is -0.160. The lowest BCUT2D eigenvalue weighted by molar-refractivity contribution is -0.127. The lowest BCUT2D eigenvalue weighted by atomic mass is 10.0. The highest BCUT2D eigenvalue weighted by molar-refractivity contribution is 5.98. The third-order valence-electron chi connectivity index (χ3n) is 9.42. The lowest BCUT2D eigenvalue weighted by Gasteiger charge is -2.09. The van der Waals surface area contributed by atoms with Crippen molar-refractivity contribution in [2.75, 3.05) is 156 Å². The zero-order valence-corrected chi connectivity index (χ0v) is 40.8. The van der Waals surface area contributed by atoms with Crippen molar-refractivity contribution >= 4 is 46.3 Å². The van der Waals surface area contributed by atoms with Crippen LogP contribution in [-0.4, -0.2) is 180 Å². The molecule has 2 amide bonds. The molecule has 19 nitrogen and oxygen atoms in total. The van der Waals surface area contributed by atoms with Crippen LogP contribution in [0.3, 0.4) is 0 Å². The van der Waals surface area contributed by atoms with E-state index >= 15 is 0 Å². The summed E-state index contributed by atoms with van der Waals surface area (Å²) < 4.78 is 60.4. The van der Waals surface area contributed by atoms with Crippen LogP contribution in [0.5, 0.6) is 0 Å². The molecule has 0 heterocycles. The van der Waals surface area contributed by atoms with Crippen molar-refractivity contribution in [3.05, 3.63) is 59.7 Å². The molecule has 0 aliphatic carbocycles. The maximum atomic E-state index is 12.2. The van der Waals surface area contributed by atoms with Gasteiger partial charge in [-0.2, -0.15) is 0 Å². The van der Waals surface area contributed by atoms with E-state index in [4.69, 9.17) is 52.1 Å². The van der Waals surface area contributed by atoms with E-state index in [2.05, 4.69) is 10.6 Å². The predicted molar refractivity (Wildman–Crippen MR) is 256 cm³/mol. The predicted octanol–water partition coefficient (Wildman–Crippen LogP) is 4.19. The maximum Gasteiger partial charge on any atom is 0.226 e. The monoisotopic (exact) mass is 977 g/mol. The minimum Gasteiger partial charge on any atom is -0.379 e. The summed E-state index contributed by atoms with van der Waals surface area (Å²) >= 11 is 0. The van der Waals surface area contributed by atoms with Crippen molar-refractivity contribution in [1.82, 2.24) is 0 Å². The number of amides is 2. The second kappa shape index (κ2) is 42.5. The number of aryl methyl sites for hydroxylation is 2. The molecule has 388 valence electrons. The second-order valence-corrected chi connectivity index (χ2v) is 15.6. The summed E-state index contributed by atoms with van der Waals surface area (Å²) in [6.45, 7) is 12.0. The highest BCUT2D eigenvalue weighted by Gasteiger charge is 2.09. The standard InChI is InChI=1S/C50H76N2O17/c1-41(53)39-47(55)13-7-43-3-9-45(10-4-43)51-49(57)15-17-59-19-21-61-23-25-63-27-29-65-31-33-67-35-37-69-38-36-68-34-32-66-30-28-64-26-24-62-22-20-60-18-16-50(58)52-46-11-5-44(6-12-46)8-14-48(56)40-42(2)54/h3-6,9-12H,7-8,13-40H2,1-2H3,(H,51,57)(H,52,58). The Morgan fingerprint density at radius 2 is 0.536 bits per heavy atom. The fraction of sp³-hybridized carbons (Fsp3) is 0.640. The number of hydrogen-bond donors (Lipinski definition) is 2. The Hall–Kier alpha value is -4.38. The number of rotatable bonds is 48. The summed E-state index contributed by atoms with van der Waals surface area (Å²) in [6, 6.07) is 14.6. The van der Waals surface area contributed by atoms with Gasteiger partial charge in [-0.05, 0) is 62.1 Å². The molecule has 0 aliphatic rings. The van der Waals surface area contributed by atoms with Crippen molar-refractivity contribution in [3.63, 3.8) is 0 Å². The Kier molecular flexibility index (Phi) is 37.4. The van der Waals surface area contributed by atoms with Crippen LogP contribution in [0.15, 0.2) is 48.5 Å². The van der Waals surface area contributed by atoms with Crippen LogP contribution in [-0.2, 0) is 93.7 Å². The normalized spacial score (nSPS) is 11.2. The number of anilines is 2. The van der Waals surface area contributed by atoms with Gasteiger partial charge in [0.15, 0.2) is 0 Å². The summed E-state index contributed by atoms with van der Waals surface area (Å²) in [6.07, 6.45) is 2.11. The van der Waals surface area contributed by atoms with Crippen LogP contribution < -0.4 is 10.6 Å². The van der Waals surface area contributed by atoms with E-state index in [0.29, 0.717) is 169 Å². The van der Waals surface area contributed by atoms with E-state index < -0.39 is 0 Å². The van der Waals surface area contributed by atoms with Gasteiger partial charge in [0, 0.05) is 24.2 Å². The number of carbonyl (C=O) groups excluding carboxylic acids is 6. The van der Waals surface area contributed by atoms with E-state index in [9.17, 15) is 28.8 Å². The van der Waals surface area contributed by atoms with Crippen molar-refractivity contribution in [2.24, 2.45) is 0 Å². The number of ether oxygens (including phenoxy) is 11. The number of carbonyl (C=O) groups is 6. The van der Waals surface area contributed by atoms with Gasteiger partial charge in [0.25, 0.3) is 0 Å². The topological polar surface area (TPSA) is 228 Å². The van der Waals surface area contributed by atoms with E-state index in [1.807, 2.05) is 24.3 Å². The van der Waals surface area contributed by atoms with Crippen LogP contribution in [0.25, 0.3) is 0 Å². The van der Waals surface area contributed by atoms with E-state index in [1.165, 1.54) is 13.8 Å². The van der Waals surface area contributed by atoms with Crippen LogP contribution >= 0.6 is 0 Å². The smallest absolute Gasteiger partial charge is 0.226 e. The Labute approximate surface area is 407 Å². The van der Waals surface area contributed by atoms with Crippen LogP contribution in [0.4, 0.5) is 11.4 Å². The van der Waals surface area contributed by atoms with Crippen molar-refractivity contribution in [2.45, 2.75) is 65.2 Å². The molecular weight excluding hydrogens is 901 g/mol. The molecule has 0 fully saturated rings. The molecule has 69 heavy (non-hydrogen) atoms. The summed E-state index contributed by atoms with van der Waals surface area (Å²) in [5.74, 6) is -0.719. The molecule has 2 rings (SSSR count). The maximum absolute atomic E-state index is 12.2. The third-order valence-corrected chi connectivity index (χ3v) is 9.42. The van der Waals surface area contributed by atoms with Gasteiger partial charge in [-0.3, -0.25) is 28.8 Å². The van der Waals surface area contributed by atoms with Gasteiger partial charge in [-0.1, -0.05) is 24.3 Å². The molecule has 0 aliphatic heterocycles. The van der Waals surface area contributed by atoms with Crippen molar-refractivity contribution in [1.29, 1.82) is 0 Å². The number of Topliss-reactive ketones (excluding diaryl/α,β-unsaturated/α-hetero) is 4. The van der Waals surface area contributed by atoms with Crippen molar-refractivity contribution < 1.29 is 80.9 Å². The molecule has 0 bridgehead atoms. The first kappa shape index (κ1) is 60.7. The molecule has 0 aromatic heterocycles. The first-order valence-corrected chi connectivity index (χ1v) is 23.8. The molecule has 2 aromatic carbocycles. The minimum absolute atomic E-state index is 0.0285. The van der Waals surface area contributed by atoms with Gasteiger partial charge in [-0.25, -0.2) is 0 Å². The molecule has 0 atom stereocenters. The number of nitrogens with one attached hydrogen (secondary N) is 2. The Morgan fingerprint density at radius 3 is 0.754 bits per heavy atom. The van der Waals surface area contributed by atoms with Crippen LogP contribution in [0.2, 0.25) is 0 Å². The zero-order chi connectivity index (χ0) is 49.8. The molecule has 0 saturated carbocycles. The SMILES string of the molecule is CC(=O)CC(=O)CCc1ccc(NC(=O)CCOCCOCCOCCOCCOCCOCCOCCOCCOCCOCCOCCC(=O)Nc2ccc(CCC(=O)CC(C)=O)cc2)cc1. The number of ketones is 4. The van der Waals surface area contributed by atoms with Gasteiger partial charge in [0.1, 0.15) is 23.1 Å². The zero-order valence-electron chi connectivity index (χ0n) is 40.8. The fourth-order valence-electron chi connectivity index (χ4n) is 5.89. The number of benzene rings is 2. The summed E-state index contributed by atoms with van der Waals surface area (Å²) in [4.78, 5) is 69.8. The molecule has 0 spiro atoms. The van der Waals surface area contributed by atoms with Crippen molar-refractivity contribution in [3.8, 4) is 0 Å². The largest absolute Gasteiger partial charge is 0.379 e. The molecule has 19 heteroatoms. The van der Waals surface area contributed by atoms with E-state index in [-0.39, 0.29) is 73.8 Å². The average Bonchev–Trinajstić information content (AvgIpc) is 3.32. The van der Waals surface area contributed by atoms with Gasteiger partial charge >= 0.3 is 0 Å². The fourth-order valence-corrected chi connectivity index (χ4v) is 5.89. The van der Waals surface area contributed by atoms with Gasteiger partial charge < -0.3 is 62.7 Å². The van der Waals surface area contributed by atoms with E-state index in [1.54, 1.807) is 24.3 Å². The summed E-state index contributed by atoms with van der Waals surface area (Å²) in [5, 5.41) is 5.64. The summed E-state index contributed by atoms with van der Waals surface area (Å²) in [7, 11) is 0.